The van der Waals surface area contributed by atoms with Crippen LogP contribution >= 0.6 is 0 Å². The van der Waals surface area contributed by atoms with Crippen molar-refractivity contribution in [3.05, 3.63) is 30.1 Å². The monoisotopic (exact) mass is 331 g/mol. The summed E-state index contributed by atoms with van der Waals surface area (Å²) >= 11 is 0. The molecule has 3 rings (SSSR count). The molecular weight excluding hydrogens is 298 g/mol. The molecule has 134 valence electrons. The van der Waals surface area contributed by atoms with Gasteiger partial charge in [0.2, 0.25) is 0 Å². The summed E-state index contributed by atoms with van der Waals surface area (Å²) < 4.78 is 5.62. The molecule has 4 heteroatoms. The van der Waals surface area contributed by atoms with Gasteiger partial charge in [-0.25, -0.2) is 0 Å². The maximum Gasteiger partial charge on any atom is 0.0544 e. The number of pyridine rings is 1. The van der Waals surface area contributed by atoms with Gasteiger partial charge < -0.3 is 10.1 Å². The topological polar surface area (TPSA) is 37.4 Å². The van der Waals surface area contributed by atoms with Crippen molar-refractivity contribution in [1.29, 1.82) is 0 Å². The fourth-order valence-electron chi connectivity index (χ4n) is 4.63. The van der Waals surface area contributed by atoms with Crippen LogP contribution in [-0.4, -0.2) is 46.8 Å². The van der Waals surface area contributed by atoms with E-state index in [4.69, 9.17) is 4.74 Å². The maximum atomic E-state index is 5.62. The Morgan fingerprint density at radius 1 is 1.21 bits per heavy atom. The number of nitrogens with zero attached hydrogens (tertiary/aromatic N) is 2. The van der Waals surface area contributed by atoms with Crippen molar-refractivity contribution in [3.8, 4) is 0 Å². The molecule has 2 aliphatic heterocycles. The number of piperidine rings is 1. The van der Waals surface area contributed by atoms with Crippen molar-refractivity contribution in [1.82, 2.24) is 15.2 Å². The predicted molar refractivity (Wildman–Crippen MR) is 97.9 cm³/mol. The van der Waals surface area contributed by atoms with Gasteiger partial charge in [0.25, 0.3) is 0 Å². The minimum atomic E-state index is 0.168. The van der Waals surface area contributed by atoms with Crippen molar-refractivity contribution in [3.63, 3.8) is 0 Å². The van der Waals surface area contributed by atoms with E-state index in [2.05, 4.69) is 55.0 Å². The van der Waals surface area contributed by atoms with Gasteiger partial charge in [-0.15, -0.1) is 0 Å². The first kappa shape index (κ1) is 17.8. The minimum Gasteiger partial charge on any atom is -0.381 e. The van der Waals surface area contributed by atoms with Crippen LogP contribution in [0.3, 0.4) is 0 Å². The number of nitrogens with one attached hydrogen (secondary N) is 1. The van der Waals surface area contributed by atoms with Gasteiger partial charge in [-0.05, 0) is 65.0 Å². The molecule has 24 heavy (non-hydrogen) atoms. The van der Waals surface area contributed by atoms with E-state index >= 15 is 0 Å². The first-order chi connectivity index (χ1) is 11.3. The molecular formula is C20H33N3O. The number of aromatic nitrogens is 1. The largest absolute Gasteiger partial charge is 0.381 e. The standard InChI is InChI=1S/C20H33N3O/c1-19(2)11-18(12-20(3,4)22-19)23(13-16-8-10-24-15-16)14-17-7-5-6-9-21-17/h5-7,9,16,18,22H,8,10-15H2,1-4H3/t16-/m1/s1. The molecule has 0 unspecified atom stereocenters. The van der Waals surface area contributed by atoms with Gasteiger partial charge in [0.05, 0.1) is 12.3 Å². The lowest BCUT2D eigenvalue weighted by molar-refractivity contribution is 0.0485. The van der Waals surface area contributed by atoms with E-state index in [1.165, 1.54) is 25.0 Å². The summed E-state index contributed by atoms with van der Waals surface area (Å²) in [5.74, 6) is 0.662. The Kier molecular flexibility index (Phi) is 5.28. The molecule has 3 heterocycles. The van der Waals surface area contributed by atoms with Crippen LogP contribution in [-0.2, 0) is 11.3 Å². The van der Waals surface area contributed by atoms with Crippen LogP contribution < -0.4 is 5.32 Å². The Morgan fingerprint density at radius 3 is 2.54 bits per heavy atom. The van der Waals surface area contributed by atoms with Crippen molar-refractivity contribution in [2.45, 2.75) is 70.6 Å². The average molecular weight is 332 g/mol. The second kappa shape index (κ2) is 7.11. The van der Waals surface area contributed by atoms with Gasteiger partial charge in [0.1, 0.15) is 0 Å². The molecule has 0 spiro atoms. The first-order valence-corrected chi connectivity index (χ1v) is 9.34. The van der Waals surface area contributed by atoms with E-state index in [0.29, 0.717) is 12.0 Å². The number of hydrogen-bond donors (Lipinski definition) is 1. The Balaban J connectivity index is 1.77. The lowest BCUT2D eigenvalue weighted by Crippen LogP contribution is -2.62. The summed E-state index contributed by atoms with van der Waals surface area (Å²) in [4.78, 5) is 7.24. The second-order valence-electron chi connectivity index (χ2n) is 8.93. The van der Waals surface area contributed by atoms with Crippen LogP contribution in [0, 0.1) is 5.92 Å². The Bertz CT molecular complexity index is 507. The molecule has 1 N–H and O–H groups in total. The summed E-state index contributed by atoms with van der Waals surface area (Å²) in [6, 6.07) is 6.82. The highest BCUT2D eigenvalue weighted by atomic mass is 16.5. The normalized spacial score (nSPS) is 26.8. The van der Waals surface area contributed by atoms with Crippen LogP contribution in [0.25, 0.3) is 0 Å². The van der Waals surface area contributed by atoms with E-state index in [1.54, 1.807) is 0 Å². The second-order valence-corrected chi connectivity index (χ2v) is 8.93. The molecule has 0 radical (unpaired) electrons. The van der Waals surface area contributed by atoms with E-state index in [9.17, 15) is 0 Å². The van der Waals surface area contributed by atoms with Crippen molar-refractivity contribution >= 4 is 0 Å². The smallest absolute Gasteiger partial charge is 0.0544 e. The number of hydrogen-bond acceptors (Lipinski definition) is 4. The van der Waals surface area contributed by atoms with Crippen LogP contribution in [0.1, 0.15) is 52.7 Å². The third-order valence-electron chi connectivity index (χ3n) is 5.29. The Morgan fingerprint density at radius 2 is 1.96 bits per heavy atom. The summed E-state index contributed by atoms with van der Waals surface area (Å²) in [7, 11) is 0. The molecule has 0 saturated carbocycles. The van der Waals surface area contributed by atoms with Gasteiger partial charge in [-0.3, -0.25) is 9.88 Å². The van der Waals surface area contributed by atoms with Crippen molar-refractivity contribution in [2.24, 2.45) is 5.92 Å². The van der Waals surface area contributed by atoms with Gasteiger partial charge in [-0.2, -0.15) is 0 Å². The van der Waals surface area contributed by atoms with Gasteiger partial charge >= 0.3 is 0 Å². The van der Waals surface area contributed by atoms with Gasteiger partial charge in [0.15, 0.2) is 0 Å². The van der Waals surface area contributed by atoms with E-state index in [0.717, 1.165) is 26.3 Å². The van der Waals surface area contributed by atoms with E-state index < -0.39 is 0 Å². The third-order valence-corrected chi connectivity index (χ3v) is 5.29. The fourth-order valence-corrected chi connectivity index (χ4v) is 4.63. The summed E-state index contributed by atoms with van der Waals surface area (Å²) in [6.07, 6.45) is 5.45. The maximum absolute atomic E-state index is 5.62. The molecule has 0 amide bonds. The highest BCUT2D eigenvalue weighted by Crippen LogP contribution is 2.33. The molecule has 4 nitrogen and oxygen atoms in total. The van der Waals surface area contributed by atoms with Crippen LogP contribution in [0.2, 0.25) is 0 Å². The predicted octanol–water partition coefficient (Wildman–Crippen LogP) is 3.23. The molecule has 2 aliphatic rings. The van der Waals surface area contributed by atoms with E-state index in [-0.39, 0.29) is 11.1 Å². The Labute approximate surface area is 147 Å². The highest BCUT2D eigenvalue weighted by molar-refractivity contribution is 5.06. The highest BCUT2D eigenvalue weighted by Gasteiger charge is 2.40. The van der Waals surface area contributed by atoms with Crippen LogP contribution in [0.4, 0.5) is 0 Å². The van der Waals surface area contributed by atoms with Crippen molar-refractivity contribution < 1.29 is 4.74 Å². The SMILES string of the molecule is CC1(C)CC(N(Cc2ccccn2)C[C@H]2CCOC2)CC(C)(C)N1. The Hall–Kier alpha value is -0.970. The number of rotatable bonds is 5. The zero-order valence-electron chi connectivity index (χ0n) is 15.7. The zero-order valence-corrected chi connectivity index (χ0v) is 15.7. The first-order valence-electron chi connectivity index (χ1n) is 9.34. The van der Waals surface area contributed by atoms with Crippen LogP contribution in [0.15, 0.2) is 24.4 Å². The molecule has 2 saturated heterocycles. The van der Waals surface area contributed by atoms with Gasteiger partial charge in [-0.1, -0.05) is 6.07 Å². The average Bonchev–Trinajstić information content (AvgIpc) is 2.97. The minimum absolute atomic E-state index is 0.168. The summed E-state index contributed by atoms with van der Waals surface area (Å²) in [5.41, 5.74) is 1.51. The number of ether oxygens (including phenoxy) is 1. The quantitative estimate of drug-likeness (QED) is 0.899. The lowest BCUT2D eigenvalue weighted by Gasteiger charge is -2.50. The summed E-state index contributed by atoms with van der Waals surface area (Å²) in [5, 5.41) is 3.81. The zero-order chi connectivity index (χ0) is 17.2. The lowest BCUT2D eigenvalue weighted by atomic mass is 9.78. The van der Waals surface area contributed by atoms with Crippen molar-refractivity contribution in [2.75, 3.05) is 19.8 Å². The van der Waals surface area contributed by atoms with E-state index in [1.807, 2.05) is 12.3 Å². The molecule has 1 aromatic rings. The fraction of sp³-hybridized carbons (Fsp3) is 0.750. The molecule has 0 aliphatic carbocycles. The molecule has 0 bridgehead atoms. The van der Waals surface area contributed by atoms with Crippen LogP contribution in [0.5, 0.6) is 0 Å². The third kappa shape index (κ3) is 4.78. The molecule has 0 aromatic carbocycles. The molecule has 1 atom stereocenters. The molecule has 2 fully saturated rings. The summed E-state index contributed by atoms with van der Waals surface area (Å²) in [6.45, 7) is 13.2. The van der Waals surface area contributed by atoms with Gasteiger partial charge in [0, 0.05) is 43.0 Å². The molecule has 1 aromatic heterocycles.